The zero-order chi connectivity index (χ0) is 18.4. The first kappa shape index (κ1) is 18.0. The third-order valence-electron chi connectivity index (χ3n) is 3.64. The fourth-order valence-corrected chi connectivity index (χ4v) is 3.02. The lowest BCUT2D eigenvalue weighted by molar-refractivity contribution is 0.102. The first-order chi connectivity index (χ1) is 12.6. The van der Waals surface area contributed by atoms with E-state index in [0.29, 0.717) is 16.5 Å². The van der Waals surface area contributed by atoms with Gasteiger partial charge in [-0.2, -0.15) is 0 Å². The number of hydrogen-bond donors (Lipinski definition) is 3. The minimum Gasteiger partial charge on any atom is -0.356 e. The number of anilines is 2. The van der Waals surface area contributed by atoms with Crippen LogP contribution in [0.5, 0.6) is 0 Å². The molecule has 1 atom stereocenters. The summed E-state index contributed by atoms with van der Waals surface area (Å²) in [5.41, 5.74) is 2.96. The van der Waals surface area contributed by atoms with E-state index in [0.717, 1.165) is 22.8 Å². The first-order valence-corrected chi connectivity index (χ1v) is 9.17. The average Bonchev–Trinajstić information content (AvgIpc) is 3.19. The lowest BCUT2D eigenvalue weighted by Crippen LogP contribution is -2.30. The average molecular weight is 384 g/mol. The molecule has 1 aromatic heterocycles. The Kier molecular flexibility index (Phi) is 5.88. The molecule has 3 aromatic rings. The molecule has 132 valence electrons. The summed E-state index contributed by atoms with van der Waals surface area (Å²) in [4.78, 5) is 11.9. The molecule has 0 spiro atoms. The molecule has 1 amide bonds. The van der Waals surface area contributed by atoms with Gasteiger partial charge in [-0.1, -0.05) is 34.8 Å². The minimum absolute atomic E-state index is 0.0986. The predicted molar refractivity (Wildman–Crippen MR) is 109 cm³/mol. The topological polar surface area (TPSA) is 78.9 Å². The van der Waals surface area contributed by atoms with Gasteiger partial charge in [0.15, 0.2) is 10.8 Å². The van der Waals surface area contributed by atoms with Crippen LogP contribution in [0.4, 0.5) is 11.4 Å². The Hall–Kier alpha value is -2.84. The predicted octanol–water partition coefficient (Wildman–Crippen LogP) is 3.84. The highest BCUT2D eigenvalue weighted by molar-refractivity contribution is 7.80. The number of aromatic nitrogens is 2. The SMILES string of the molecule is CC(NC(=S)Nc1ccc(NC(=O)c2csnn2)cc1)c1ccccc1. The van der Waals surface area contributed by atoms with Crippen LogP contribution < -0.4 is 16.0 Å². The number of benzene rings is 2. The second-order valence-electron chi connectivity index (χ2n) is 5.55. The van der Waals surface area contributed by atoms with Gasteiger partial charge in [0.05, 0.1) is 6.04 Å². The van der Waals surface area contributed by atoms with Crippen molar-refractivity contribution in [2.24, 2.45) is 0 Å². The molecular weight excluding hydrogens is 366 g/mol. The Morgan fingerprint density at radius 2 is 1.69 bits per heavy atom. The quantitative estimate of drug-likeness (QED) is 0.581. The van der Waals surface area contributed by atoms with Gasteiger partial charge in [-0.25, -0.2) is 0 Å². The van der Waals surface area contributed by atoms with Crippen LogP contribution in [0, 0.1) is 0 Å². The lowest BCUT2D eigenvalue weighted by atomic mass is 10.1. The summed E-state index contributed by atoms with van der Waals surface area (Å²) >= 11 is 6.50. The molecule has 8 heteroatoms. The number of amides is 1. The molecule has 0 saturated carbocycles. The number of rotatable bonds is 5. The van der Waals surface area contributed by atoms with Crippen LogP contribution in [-0.4, -0.2) is 20.6 Å². The maximum atomic E-state index is 11.9. The zero-order valence-electron chi connectivity index (χ0n) is 14.0. The van der Waals surface area contributed by atoms with E-state index in [1.165, 1.54) is 0 Å². The number of carbonyl (C=O) groups excluding carboxylic acids is 1. The van der Waals surface area contributed by atoms with Gasteiger partial charge in [-0.15, -0.1) is 5.10 Å². The van der Waals surface area contributed by atoms with Crippen LogP contribution in [0.15, 0.2) is 60.0 Å². The third-order valence-corrected chi connectivity index (χ3v) is 4.36. The van der Waals surface area contributed by atoms with Crippen molar-refractivity contribution < 1.29 is 4.79 Å². The molecule has 26 heavy (non-hydrogen) atoms. The zero-order valence-corrected chi connectivity index (χ0v) is 15.6. The number of hydrogen-bond acceptors (Lipinski definition) is 5. The van der Waals surface area contributed by atoms with Crippen molar-refractivity contribution in [2.45, 2.75) is 13.0 Å². The van der Waals surface area contributed by atoms with Crippen LogP contribution in [0.2, 0.25) is 0 Å². The van der Waals surface area contributed by atoms with E-state index in [9.17, 15) is 4.79 Å². The van der Waals surface area contributed by atoms with E-state index < -0.39 is 0 Å². The lowest BCUT2D eigenvalue weighted by Gasteiger charge is -2.17. The van der Waals surface area contributed by atoms with Crippen molar-refractivity contribution in [2.75, 3.05) is 10.6 Å². The summed E-state index contributed by atoms with van der Waals surface area (Å²) in [6.07, 6.45) is 0. The van der Waals surface area contributed by atoms with Crippen molar-refractivity contribution in [3.8, 4) is 0 Å². The van der Waals surface area contributed by atoms with Gasteiger partial charge >= 0.3 is 0 Å². The highest BCUT2D eigenvalue weighted by Gasteiger charge is 2.09. The Bertz CT molecular complexity index is 866. The van der Waals surface area contributed by atoms with Gasteiger partial charge in [-0.05, 0) is 60.5 Å². The highest BCUT2D eigenvalue weighted by atomic mass is 32.1. The van der Waals surface area contributed by atoms with Gasteiger partial charge in [0.2, 0.25) is 0 Å². The molecule has 3 rings (SSSR count). The Balaban J connectivity index is 1.53. The Morgan fingerprint density at radius 1 is 1.04 bits per heavy atom. The molecule has 1 unspecified atom stereocenters. The summed E-state index contributed by atoms with van der Waals surface area (Å²) in [5.74, 6) is -0.284. The molecule has 1 heterocycles. The number of carbonyl (C=O) groups is 1. The van der Waals surface area contributed by atoms with Crippen molar-refractivity contribution in [3.63, 3.8) is 0 Å². The van der Waals surface area contributed by atoms with Crippen LogP contribution >= 0.6 is 23.8 Å². The minimum atomic E-state index is -0.284. The van der Waals surface area contributed by atoms with Crippen molar-refractivity contribution >= 4 is 46.1 Å². The molecule has 0 fully saturated rings. The molecule has 0 saturated heterocycles. The van der Waals surface area contributed by atoms with Gasteiger partial charge in [-0.3, -0.25) is 4.79 Å². The highest BCUT2D eigenvalue weighted by Crippen LogP contribution is 2.16. The molecule has 0 aliphatic heterocycles. The monoisotopic (exact) mass is 383 g/mol. The molecule has 0 aliphatic rings. The second-order valence-corrected chi connectivity index (χ2v) is 6.57. The number of thiocarbonyl (C=S) groups is 1. The van der Waals surface area contributed by atoms with E-state index in [4.69, 9.17) is 12.2 Å². The molecule has 0 bridgehead atoms. The van der Waals surface area contributed by atoms with Crippen LogP contribution in [0.3, 0.4) is 0 Å². The van der Waals surface area contributed by atoms with Crippen molar-refractivity contribution in [1.29, 1.82) is 0 Å². The summed E-state index contributed by atoms with van der Waals surface area (Å²) in [5, 5.41) is 15.0. The van der Waals surface area contributed by atoms with E-state index in [1.807, 2.05) is 30.3 Å². The van der Waals surface area contributed by atoms with E-state index >= 15 is 0 Å². The maximum absolute atomic E-state index is 11.9. The summed E-state index contributed by atoms with van der Waals surface area (Å²) in [6, 6.07) is 17.5. The summed E-state index contributed by atoms with van der Waals surface area (Å²) in [6.45, 7) is 2.05. The first-order valence-electron chi connectivity index (χ1n) is 7.93. The summed E-state index contributed by atoms with van der Waals surface area (Å²) < 4.78 is 3.68. The molecule has 3 N–H and O–H groups in total. The van der Waals surface area contributed by atoms with Gasteiger partial charge in [0.1, 0.15) is 0 Å². The van der Waals surface area contributed by atoms with Crippen LogP contribution in [-0.2, 0) is 0 Å². The Morgan fingerprint density at radius 3 is 2.31 bits per heavy atom. The molecule has 6 nitrogen and oxygen atoms in total. The molecule has 0 radical (unpaired) electrons. The van der Waals surface area contributed by atoms with Gasteiger partial charge in [0.25, 0.3) is 5.91 Å². The fourth-order valence-electron chi connectivity index (χ4n) is 2.28. The fraction of sp³-hybridized carbons (Fsp3) is 0.111. The van der Waals surface area contributed by atoms with Crippen molar-refractivity contribution in [1.82, 2.24) is 14.9 Å². The van der Waals surface area contributed by atoms with E-state index in [2.05, 4.69) is 44.6 Å². The van der Waals surface area contributed by atoms with Crippen molar-refractivity contribution in [3.05, 3.63) is 71.2 Å². The normalized spacial score (nSPS) is 11.4. The molecular formula is C18H17N5OS2. The number of nitrogens with zero attached hydrogens (tertiary/aromatic N) is 2. The second kappa shape index (κ2) is 8.50. The van der Waals surface area contributed by atoms with E-state index in [1.54, 1.807) is 17.5 Å². The number of nitrogens with one attached hydrogen (secondary N) is 3. The van der Waals surface area contributed by atoms with Crippen LogP contribution in [0.25, 0.3) is 0 Å². The van der Waals surface area contributed by atoms with Crippen LogP contribution in [0.1, 0.15) is 29.0 Å². The Labute approximate surface area is 160 Å². The summed E-state index contributed by atoms with van der Waals surface area (Å²) in [7, 11) is 0. The maximum Gasteiger partial charge on any atom is 0.277 e. The molecule has 2 aromatic carbocycles. The van der Waals surface area contributed by atoms with E-state index in [-0.39, 0.29) is 11.9 Å². The molecule has 0 aliphatic carbocycles. The van der Waals surface area contributed by atoms with Gasteiger partial charge < -0.3 is 16.0 Å². The van der Waals surface area contributed by atoms with Gasteiger partial charge in [0, 0.05) is 16.8 Å². The smallest absolute Gasteiger partial charge is 0.277 e. The largest absolute Gasteiger partial charge is 0.356 e. The standard InChI is InChI=1S/C18H17N5OS2/c1-12(13-5-3-2-4-6-13)19-18(25)21-15-9-7-14(8-10-15)20-17(24)16-11-26-23-22-16/h2-12H,1H3,(H,20,24)(H2,19,21,25). The third kappa shape index (κ3) is 4.84.